The smallest absolute Gasteiger partial charge is 0.0246 e. The monoisotopic (exact) mass is 254 g/mol. The highest BCUT2D eigenvalue weighted by atomic mass is 15.2. The van der Waals surface area contributed by atoms with Crippen molar-refractivity contribution in [2.24, 2.45) is 11.8 Å². The molecule has 1 rings (SSSR count). The van der Waals surface area contributed by atoms with Crippen LogP contribution in [-0.2, 0) is 0 Å². The fourth-order valence-corrected chi connectivity index (χ4v) is 2.97. The minimum absolute atomic E-state index is 0.701. The van der Waals surface area contributed by atoms with Gasteiger partial charge in [0.1, 0.15) is 0 Å². The van der Waals surface area contributed by atoms with Crippen molar-refractivity contribution in [1.29, 1.82) is 0 Å². The molecule has 1 aliphatic heterocycles. The van der Waals surface area contributed by atoms with Crippen LogP contribution in [0, 0.1) is 11.8 Å². The zero-order valence-electron chi connectivity index (χ0n) is 13.2. The van der Waals surface area contributed by atoms with Gasteiger partial charge in [0.2, 0.25) is 0 Å². The van der Waals surface area contributed by atoms with Gasteiger partial charge in [-0.05, 0) is 24.8 Å². The first-order chi connectivity index (χ1) is 8.63. The van der Waals surface area contributed by atoms with E-state index in [1.807, 2.05) is 0 Å². The van der Waals surface area contributed by atoms with Crippen LogP contribution in [0.15, 0.2) is 0 Å². The predicted molar refractivity (Wildman–Crippen MR) is 81.0 cm³/mol. The summed E-state index contributed by atoms with van der Waals surface area (Å²) in [5.41, 5.74) is 0. The Morgan fingerprint density at radius 2 is 1.78 bits per heavy atom. The first-order valence-corrected chi connectivity index (χ1v) is 8.11. The number of piperazine rings is 1. The second-order valence-electron chi connectivity index (χ2n) is 6.20. The van der Waals surface area contributed by atoms with Crippen LogP contribution in [0.2, 0.25) is 0 Å². The van der Waals surface area contributed by atoms with Gasteiger partial charge in [-0.25, -0.2) is 0 Å². The highest BCUT2D eigenvalue weighted by Crippen LogP contribution is 2.22. The van der Waals surface area contributed by atoms with E-state index in [1.165, 1.54) is 45.3 Å². The second-order valence-corrected chi connectivity index (χ2v) is 6.20. The molecule has 0 aromatic carbocycles. The molecule has 1 heterocycles. The number of nitrogens with one attached hydrogen (secondary N) is 1. The topological polar surface area (TPSA) is 15.3 Å². The number of hydrogen-bond acceptors (Lipinski definition) is 2. The number of rotatable bonds is 7. The first kappa shape index (κ1) is 16.0. The minimum Gasteiger partial charge on any atom is -0.311 e. The Hall–Kier alpha value is -0.0800. The number of hydrogen-bond donors (Lipinski definition) is 1. The van der Waals surface area contributed by atoms with Crippen LogP contribution >= 0.6 is 0 Å². The summed E-state index contributed by atoms with van der Waals surface area (Å²) in [5.74, 6) is 1.61. The zero-order chi connectivity index (χ0) is 13.5. The van der Waals surface area contributed by atoms with Crippen molar-refractivity contribution in [3.05, 3.63) is 0 Å². The maximum atomic E-state index is 3.80. The third-order valence-corrected chi connectivity index (χ3v) is 4.92. The van der Waals surface area contributed by atoms with E-state index in [2.05, 4.69) is 44.8 Å². The van der Waals surface area contributed by atoms with E-state index in [0.717, 1.165) is 17.9 Å². The van der Waals surface area contributed by atoms with Crippen LogP contribution in [0.1, 0.15) is 60.3 Å². The third-order valence-electron chi connectivity index (χ3n) is 4.92. The lowest BCUT2D eigenvalue weighted by molar-refractivity contribution is 0.0748. The van der Waals surface area contributed by atoms with E-state index in [0.29, 0.717) is 6.04 Å². The summed E-state index contributed by atoms with van der Waals surface area (Å²) < 4.78 is 0. The molecule has 2 heteroatoms. The van der Waals surface area contributed by atoms with Gasteiger partial charge in [-0.2, -0.15) is 0 Å². The van der Waals surface area contributed by atoms with Crippen molar-refractivity contribution in [3.63, 3.8) is 0 Å². The van der Waals surface area contributed by atoms with Gasteiger partial charge in [-0.15, -0.1) is 0 Å². The third kappa shape index (κ3) is 4.24. The maximum absolute atomic E-state index is 3.80. The molecule has 0 saturated carbocycles. The van der Waals surface area contributed by atoms with Crippen molar-refractivity contribution in [1.82, 2.24) is 10.2 Å². The average molecular weight is 254 g/mol. The quantitative estimate of drug-likeness (QED) is 0.748. The molecule has 1 aliphatic rings. The predicted octanol–water partition coefficient (Wildman–Crippen LogP) is 3.52. The van der Waals surface area contributed by atoms with Gasteiger partial charge < -0.3 is 5.32 Å². The van der Waals surface area contributed by atoms with Crippen molar-refractivity contribution in [2.45, 2.75) is 72.4 Å². The van der Waals surface area contributed by atoms with Crippen LogP contribution in [0.5, 0.6) is 0 Å². The van der Waals surface area contributed by atoms with Gasteiger partial charge >= 0.3 is 0 Å². The molecule has 2 nitrogen and oxygen atoms in total. The summed E-state index contributed by atoms with van der Waals surface area (Å²) in [6.07, 6.45) is 5.24. The number of unbranched alkanes of at least 4 members (excludes halogenated alkanes) is 1. The summed E-state index contributed by atoms with van der Waals surface area (Å²) in [5, 5.41) is 3.80. The average Bonchev–Trinajstić information content (AvgIpc) is 2.42. The Kier molecular flexibility index (Phi) is 7.25. The molecule has 0 aliphatic carbocycles. The van der Waals surface area contributed by atoms with Crippen molar-refractivity contribution in [2.75, 3.05) is 19.6 Å². The molecule has 108 valence electrons. The Balaban J connectivity index is 2.60. The SMILES string of the molecule is CCCCN1CC(C(C)CC)NCC1C(C)CC. The van der Waals surface area contributed by atoms with Crippen LogP contribution in [0.4, 0.5) is 0 Å². The molecular weight excluding hydrogens is 220 g/mol. The van der Waals surface area contributed by atoms with E-state index >= 15 is 0 Å². The summed E-state index contributed by atoms with van der Waals surface area (Å²) in [4.78, 5) is 2.77. The lowest BCUT2D eigenvalue weighted by Gasteiger charge is -2.44. The van der Waals surface area contributed by atoms with Crippen molar-refractivity contribution < 1.29 is 0 Å². The minimum atomic E-state index is 0.701. The van der Waals surface area contributed by atoms with Gasteiger partial charge in [0, 0.05) is 25.2 Å². The number of nitrogens with zero attached hydrogens (tertiary/aromatic N) is 1. The fraction of sp³-hybridized carbons (Fsp3) is 1.00. The molecule has 18 heavy (non-hydrogen) atoms. The van der Waals surface area contributed by atoms with Crippen LogP contribution < -0.4 is 5.32 Å². The molecule has 0 aromatic rings. The fourth-order valence-electron chi connectivity index (χ4n) is 2.97. The van der Waals surface area contributed by atoms with Gasteiger partial charge in [0.15, 0.2) is 0 Å². The largest absolute Gasteiger partial charge is 0.311 e. The highest BCUT2D eigenvalue weighted by Gasteiger charge is 2.31. The van der Waals surface area contributed by atoms with Gasteiger partial charge in [-0.3, -0.25) is 4.90 Å². The molecule has 4 unspecified atom stereocenters. The molecule has 0 radical (unpaired) electrons. The Morgan fingerprint density at radius 1 is 1.11 bits per heavy atom. The van der Waals surface area contributed by atoms with Gasteiger partial charge in [0.05, 0.1) is 0 Å². The summed E-state index contributed by atoms with van der Waals surface area (Å²) in [7, 11) is 0. The van der Waals surface area contributed by atoms with Crippen LogP contribution in [0.3, 0.4) is 0 Å². The molecule has 0 amide bonds. The van der Waals surface area contributed by atoms with E-state index in [-0.39, 0.29) is 0 Å². The molecule has 0 aromatic heterocycles. The molecule has 1 saturated heterocycles. The lowest BCUT2D eigenvalue weighted by Crippen LogP contribution is -2.60. The molecule has 0 bridgehead atoms. The molecule has 1 N–H and O–H groups in total. The normalized spacial score (nSPS) is 29.2. The van der Waals surface area contributed by atoms with Crippen LogP contribution in [0.25, 0.3) is 0 Å². The summed E-state index contributed by atoms with van der Waals surface area (Å²) in [6.45, 7) is 15.5. The standard InChI is InChI=1S/C16H34N2/c1-6-9-10-18-12-15(13(4)7-2)17-11-16(18)14(5)8-3/h13-17H,6-12H2,1-5H3. The van der Waals surface area contributed by atoms with E-state index in [4.69, 9.17) is 0 Å². The molecule has 0 spiro atoms. The van der Waals surface area contributed by atoms with E-state index in [1.54, 1.807) is 0 Å². The molecule has 4 atom stereocenters. The molecular formula is C16H34N2. The van der Waals surface area contributed by atoms with E-state index in [9.17, 15) is 0 Å². The maximum Gasteiger partial charge on any atom is 0.0246 e. The molecule has 1 fully saturated rings. The zero-order valence-corrected chi connectivity index (χ0v) is 13.2. The first-order valence-electron chi connectivity index (χ1n) is 8.11. The van der Waals surface area contributed by atoms with Gasteiger partial charge in [0.25, 0.3) is 0 Å². The van der Waals surface area contributed by atoms with Crippen molar-refractivity contribution in [3.8, 4) is 0 Å². The Morgan fingerprint density at radius 3 is 2.33 bits per heavy atom. The second kappa shape index (κ2) is 8.16. The van der Waals surface area contributed by atoms with E-state index < -0.39 is 0 Å². The summed E-state index contributed by atoms with van der Waals surface area (Å²) in [6, 6.07) is 1.45. The van der Waals surface area contributed by atoms with Gasteiger partial charge in [-0.1, -0.05) is 53.9 Å². The highest BCUT2D eigenvalue weighted by molar-refractivity contribution is 4.90. The van der Waals surface area contributed by atoms with Crippen LogP contribution in [-0.4, -0.2) is 36.6 Å². The summed E-state index contributed by atoms with van der Waals surface area (Å²) >= 11 is 0. The lowest BCUT2D eigenvalue weighted by atomic mass is 9.90. The Labute approximate surface area is 115 Å². The van der Waals surface area contributed by atoms with Crippen molar-refractivity contribution >= 4 is 0 Å². The Bertz CT molecular complexity index is 217.